The van der Waals surface area contributed by atoms with E-state index in [1.54, 1.807) is 0 Å². The number of halogens is 1. The average molecular weight is 319 g/mol. The molecule has 0 aliphatic rings. The monoisotopic (exact) mass is 318 g/mol. The van der Waals surface area contributed by atoms with E-state index in [-0.39, 0.29) is 0 Å². The summed E-state index contributed by atoms with van der Waals surface area (Å²) in [7, 11) is 0. The number of aliphatic hydroxyl groups excluding tert-OH is 1. The van der Waals surface area contributed by atoms with Crippen LogP contribution in [0, 0.1) is 6.92 Å². The summed E-state index contributed by atoms with van der Waals surface area (Å²) in [4.78, 5) is 0. The van der Waals surface area contributed by atoms with E-state index in [1.165, 1.54) is 11.1 Å². The van der Waals surface area contributed by atoms with E-state index in [0.717, 1.165) is 28.4 Å². The number of aliphatic hydroxyl groups is 1. The molecule has 2 heteroatoms. The Morgan fingerprint density at radius 1 is 1.11 bits per heavy atom. The van der Waals surface area contributed by atoms with Gasteiger partial charge in [-0.05, 0) is 41.7 Å². The molecule has 0 aliphatic heterocycles. The van der Waals surface area contributed by atoms with Gasteiger partial charge in [-0.1, -0.05) is 65.7 Å². The second-order valence-corrected chi connectivity index (χ2v) is 5.76. The second-order valence-electron chi connectivity index (χ2n) is 4.91. The van der Waals surface area contributed by atoms with Crippen LogP contribution >= 0.6 is 15.9 Å². The topological polar surface area (TPSA) is 20.2 Å². The predicted molar refractivity (Wildman–Crippen MR) is 83.4 cm³/mol. The van der Waals surface area contributed by atoms with Gasteiger partial charge in [-0.2, -0.15) is 0 Å². The minimum atomic E-state index is -0.561. The van der Waals surface area contributed by atoms with E-state index in [0.29, 0.717) is 0 Å². The maximum absolute atomic E-state index is 10.5. The number of hydrogen-bond donors (Lipinski definition) is 1. The number of aryl methyl sites for hydroxylation is 2. The van der Waals surface area contributed by atoms with Crippen LogP contribution in [0.4, 0.5) is 0 Å². The van der Waals surface area contributed by atoms with Crippen molar-refractivity contribution in [2.24, 2.45) is 0 Å². The first-order valence-electron chi connectivity index (χ1n) is 6.64. The van der Waals surface area contributed by atoms with E-state index >= 15 is 0 Å². The summed E-state index contributed by atoms with van der Waals surface area (Å²) in [6, 6.07) is 14.2. The van der Waals surface area contributed by atoms with E-state index in [1.807, 2.05) is 37.3 Å². The molecule has 2 aromatic carbocycles. The third-order valence-corrected chi connectivity index (χ3v) is 4.17. The first-order valence-corrected chi connectivity index (χ1v) is 7.44. The Balaban J connectivity index is 2.29. The normalized spacial score (nSPS) is 12.4. The van der Waals surface area contributed by atoms with Gasteiger partial charge < -0.3 is 5.11 Å². The molecule has 0 radical (unpaired) electrons. The molecule has 0 fully saturated rings. The van der Waals surface area contributed by atoms with Crippen LogP contribution in [0.15, 0.2) is 46.9 Å². The molecule has 0 saturated carbocycles. The summed E-state index contributed by atoms with van der Waals surface area (Å²) in [5, 5.41) is 10.5. The highest BCUT2D eigenvalue weighted by Gasteiger charge is 2.11. The van der Waals surface area contributed by atoms with Crippen LogP contribution in [0.25, 0.3) is 0 Å². The minimum Gasteiger partial charge on any atom is -0.384 e. The highest BCUT2D eigenvalue weighted by molar-refractivity contribution is 9.10. The largest absolute Gasteiger partial charge is 0.384 e. The Kier molecular flexibility index (Phi) is 4.78. The van der Waals surface area contributed by atoms with Gasteiger partial charge in [0, 0.05) is 4.47 Å². The molecule has 1 unspecified atom stereocenters. The molecule has 100 valence electrons. The van der Waals surface area contributed by atoms with Crippen molar-refractivity contribution in [3.63, 3.8) is 0 Å². The van der Waals surface area contributed by atoms with Gasteiger partial charge in [0.2, 0.25) is 0 Å². The Labute approximate surface area is 123 Å². The van der Waals surface area contributed by atoms with Gasteiger partial charge in [0.05, 0.1) is 0 Å². The molecular weight excluding hydrogens is 300 g/mol. The molecule has 1 N–H and O–H groups in total. The lowest BCUT2D eigenvalue weighted by molar-refractivity contribution is 0.220. The van der Waals surface area contributed by atoms with Gasteiger partial charge >= 0.3 is 0 Å². The lowest BCUT2D eigenvalue weighted by Crippen LogP contribution is -2.01. The summed E-state index contributed by atoms with van der Waals surface area (Å²) in [5.74, 6) is 0. The van der Waals surface area contributed by atoms with E-state index < -0.39 is 6.10 Å². The Hall–Kier alpha value is -1.12. The average Bonchev–Trinajstić information content (AvgIpc) is 2.42. The Bertz CT molecular complexity index is 563. The Morgan fingerprint density at radius 3 is 2.53 bits per heavy atom. The number of rotatable bonds is 4. The number of benzene rings is 2. The van der Waals surface area contributed by atoms with E-state index in [2.05, 4.69) is 35.0 Å². The summed E-state index contributed by atoms with van der Waals surface area (Å²) in [6.45, 7) is 4.21. The summed E-state index contributed by atoms with van der Waals surface area (Å²) in [5.41, 5.74) is 4.34. The molecule has 19 heavy (non-hydrogen) atoms. The lowest BCUT2D eigenvalue weighted by atomic mass is 9.98. The van der Waals surface area contributed by atoms with Crippen LogP contribution in [-0.2, 0) is 6.42 Å². The van der Waals surface area contributed by atoms with Gasteiger partial charge in [0.25, 0.3) is 0 Å². The van der Waals surface area contributed by atoms with Crippen molar-refractivity contribution in [2.45, 2.75) is 32.8 Å². The van der Waals surface area contributed by atoms with Gasteiger partial charge in [-0.25, -0.2) is 0 Å². The fourth-order valence-electron chi connectivity index (χ4n) is 2.18. The predicted octanol–water partition coefficient (Wildman–Crippen LogP) is 4.79. The molecule has 0 saturated heterocycles. The zero-order valence-corrected chi connectivity index (χ0v) is 12.9. The second kappa shape index (κ2) is 6.36. The van der Waals surface area contributed by atoms with Crippen molar-refractivity contribution in [1.82, 2.24) is 0 Å². The highest BCUT2D eigenvalue weighted by atomic mass is 79.9. The molecule has 2 rings (SSSR count). The van der Waals surface area contributed by atoms with Crippen LogP contribution in [0.5, 0.6) is 0 Å². The molecule has 0 aliphatic carbocycles. The third-order valence-electron chi connectivity index (χ3n) is 3.32. The van der Waals surface area contributed by atoms with Gasteiger partial charge in [0.15, 0.2) is 0 Å². The molecule has 0 aromatic heterocycles. The van der Waals surface area contributed by atoms with Crippen molar-refractivity contribution < 1.29 is 5.11 Å². The van der Waals surface area contributed by atoms with Gasteiger partial charge in [0.1, 0.15) is 6.10 Å². The van der Waals surface area contributed by atoms with Crippen LogP contribution < -0.4 is 0 Å². The summed E-state index contributed by atoms with van der Waals surface area (Å²) < 4.78 is 1.04. The molecule has 1 nitrogen and oxygen atoms in total. The molecule has 1 atom stereocenters. The van der Waals surface area contributed by atoms with Gasteiger partial charge in [-0.15, -0.1) is 0 Å². The van der Waals surface area contributed by atoms with Crippen molar-refractivity contribution in [3.8, 4) is 0 Å². The fraction of sp³-hybridized carbons (Fsp3) is 0.294. The Morgan fingerprint density at radius 2 is 1.84 bits per heavy atom. The maximum atomic E-state index is 10.5. The molecule has 0 spiro atoms. The fourth-order valence-corrected chi connectivity index (χ4v) is 2.58. The van der Waals surface area contributed by atoms with Crippen molar-refractivity contribution in [1.29, 1.82) is 0 Å². The van der Waals surface area contributed by atoms with E-state index in [9.17, 15) is 5.11 Å². The van der Waals surface area contributed by atoms with Crippen LogP contribution in [0.3, 0.4) is 0 Å². The van der Waals surface area contributed by atoms with Crippen LogP contribution in [0.2, 0.25) is 0 Å². The smallest absolute Gasteiger partial charge is 0.104 e. The van der Waals surface area contributed by atoms with E-state index in [4.69, 9.17) is 0 Å². The van der Waals surface area contributed by atoms with Crippen molar-refractivity contribution in [3.05, 3.63) is 69.2 Å². The minimum absolute atomic E-state index is 0.561. The zero-order chi connectivity index (χ0) is 13.8. The summed E-state index contributed by atoms with van der Waals surface area (Å²) in [6.07, 6.45) is 1.61. The van der Waals surface area contributed by atoms with Gasteiger partial charge in [-0.3, -0.25) is 0 Å². The number of hydrogen-bond acceptors (Lipinski definition) is 1. The summed E-state index contributed by atoms with van der Waals surface area (Å²) >= 11 is 3.52. The first-order chi connectivity index (χ1) is 9.11. The molecular formula is C17H19BrO. The highest BCUT2D eigenvalue weighted by Crippen LogP contribution is 2.27. The molecule has 0 heterocycles. The maximum Gasteiger partial charge on any atom is 0.104 e. The SMILES string of the molecule is CCCc1cccc(C(O)c2ccc(C)c(Br)c2)c1. The standard InChI is InChI=1S/C17H19BrO/c1-3-5-13-6-4-7-14(10-13)17(19)15-9-8-12(2)16(18)11-15/h4,6-11,17,19H,3,5H2,1-2H3. The molecule has 0 bridgehead atoms. The van der Waals surface area contributed by atoms with Crippen LogP contribution in [0.1, 0.15) is 41.7 Å². The van der Waals surface area contributed by atoms with Crippen molar-refractivity contribution in [2.75, 3.05) is 0 Å². The quantitative estimate of drug-likeness (QED) is 0.859. The zero-order valence-electron chi connectivity index (χ0n) is 11.4. The first kappa shape index (κ1) is 14.3. The third kappa shape index (κ3) is 3.46. The van der Waals surface area contributed by atoms with Crippen LogP contribution in [-0.4, -0.2) is 5.11 Å². The molecule has 0 amide bonds. The van der Waals surface area contributed by atoms with Crippen molar-refractivity contribution >= 4 is 15.9 Å². The molecule has 2 aromatic rings. The lowest BCUT2D eigenvalue weighted by Gasteiger charge is -2.14.